The van der Waals surface area contributed by atoms with Gasteiger partial charge >= 0.3 is 0 Å². The molecule has 2 aromatic rings. The van der Waals surface area contributed by atoms with E-state index in [1.807, 2.05) is 42.1 Å². The van der Waals surface area contributed by atoms with Crippen LogP contribution >= 0.6 is 11.8 Å². The van der Waals surface area contributed by atoms with E-state index >= 15 is 0 Å². The monoisotopic (exact) mass is 285 g/mol. The molecule has 0 amide bonds. The van der Waals surface area contributed by atoms with Gasteiger partial charge in [0.15, 0.2) is 0 Å². The summed E-state index contributed by atoms with van der Waals surface area (Å²) in [5.74, 6) is 2.01. The zero-order valence-corrected chi connectivity index (χ0v) is 12.4. The minimum absolute atomic E-state index is 0.733. The average Bonchev–Trinajstić information content (AvgIpc) is 2.49. The molecule has 0 aliphatic carbocycles. The second kappa shape index (κ2) is 8.38. The fourth-order valence-electron chi connectivity index (χ4n) is 1.64. The van der Waals surface area contributed by atoms with Crippen molar-refractivity contribution in [2.45, 2.75) is 12.7 Å². The SMILES string of the molecule is Cc1ccc(NN=NCCSCc2ccccc2)cc1. The predicted molar refractivity (Wildman–Crippen MR) is 87.1 cm³/mol. The van der Waals surface area contributed by atoms with Gasteiger partial charge in [-0.05, 0) is 24.6 Å². The Balaban J connectivity index is 1.59. The van der Waals surface area contributed by atoms with Crippen LogP contribution in [0.2, 0.25) is 0 Å². The van der Waals surface area contributed by atoms with Gasteiger partial charge in [0, 0.05) is 11.5 Å². The molecule has 0 spiro atoms. The third kappa shape index (κ3) is 5.45. The molecule has 0 fully saturated rings. The highest BCUT2D eigenvalue weighted by atomic mass is 32.2. The van der Waals surface area contributed by atoms with Gasteiger partial charge in [-0.3, -0.25) is 5.43 Å². The topological polar surface area (TPSA) is 36.8 Å². The van der Waals surface area contributed by atoms with Gasteiger partial charge < -0.3 is 0 Å². The fraction of sp³-hybridized carbons (Fsp3) is 0.250. The number of anilines is 1. The van der Waals surface area contributed by atoms with Gasteiger partial charge in [-0.25, -0.2) is 0 Å². The van der Waals surface area contributed by atoms with Gasteiger partial charge in [-0.15, -0.1) is 0 Å². The van der Waals surface area contributed by atoms with Crippen molar-refractivity contribution in [2.24, 2.45) is 10.3 Å². The van der Waals surface area contributed by atoms with Crippen molar-refractivity contribution in [1.82, 2.24) is 0 Å². The molecule has 0 saturated carbocycles. The van der Waals surface area contributed by atoms with E-state index in [-0.39, 0.29) is 0 Å². The number of hydrogen-bond donors (Lipinski definition) is 1. The molecular weight excluding hydrogens is 266 g/mol. The van der Waals surface area contributed by atoms with Crippen LogP contribution in [-0.2, 0) is 5.75 Å². The van der Waals surface area contributed by atoms with Crippen molar-refractivity contribution in [1.29, 1.82) is 0 Å². The van der Waals surface area contributed by atoms with Crippen molar-refractivity contribution < 1.29 is 0 Å². The second-order valence-electron chi connectivity index (χ2n) is 4.48. The van der Waals surface area contributed by atoms with E-state index in [1.54, 1.807) is 0 Å². The first kappa shape index (κ1) is 14.6. The first-order valence-corrected chi connectivity index (χ1v) is 7.81. The van der Waals surface area contributed by atoms with E-state index in [0.717, 1.165) is 23.7 Å². The molecule has 0 atom stereocenters. The van der Waals surface area contributed by atoms with E-state index in [0.29, 0.717) is 0 Å². The van der Waals surface area contributed by atoms with E-state index in [1.165, 1.54) is 11.1 Å². The number of nitrogens with zero attached hydrogens (tertiary/aromatic N) is 2. The number of benzene rings is 2. The van der Waals surface area contributed by atoms with Gasteiger partial charge in [-0.2, -0.15) is 16.9 Å². The zero-order chi connectivity index (χ0) is 14.0. The summed E-state index contributed by atoms with van der Waals surface area (Å²) < 4.78 is 0. The predicted octanol–water partition coefficient (Wildman–Crippen LogP) is 4.71. The summed E-state index contributed by atoms with van der Waals surface area (Å²) >= 11 is 1.87. The molecule has 1 N–H and O–H groups in total. The van der Waals surface area contributed by atoms with Gasteiger partial charge in [0.25, 0.3) is 0 Å². The Morgan fingerprint density at radius 1 is 1.00 bits per heavy atom. The van der Waals surface area contributed by atoms with Gasteiger partial charge in [0.05, 0.1) is 12.2 Å². The fourth-order valence-corrected chi connectivity index (χ4v) is 2.42. The Kier molecular flexibility index (Phi) is 6.11. The first-order chi connectivity index (χ1) is 9.84. The van der Waals surface area contributed by atoms with Crippen LogP contribution in [0.25, 0.3) is 0 Å². The van der Waals surface area contributed by atoms with Crippen LogP contribution in [0.1, 0.15) is 11.1 Å². The number of rotatable bonds is 7. The summed E-state index contributed by atoms with van der Waals surface area (Å²) in [7, 11) is 0. The molecule has 4 heteroatoms. The molecule has 2 rings (SSSR count). The largest absolute Gasteiger partial charge is 0.260 e. The highest BCUT2D eigenvalue weighted by molar-refractivity contribution is 7.98. The third-order valence-electron chi connectivity index (χ3n) is 2.75. The van der Waals surface area contributed by atoms with Gasteiger partial charge in [-0.1, -0.05) is 53.3 Å². The number of hydrogen-bond acceptors (Lipinski definition) is 3. The van der Waals surface area contributed by atoms with Crippen molar-refractivity contribution in [3.8, 4) is 0 Å². The standard InChI is InChI=1S/C16H19N3S/c1-14-7-9-16(10-8-14)18-19-17-11-12-20-13-15-5-3-2-4-6-15/h2-10H,11-13H2,1H3,(H,17,18). The maximum absolute atomic E-state index is 4.11. The molecule has 0 unspecified atom stereocenters. The highest BCUT2D eigenvalue weighted by Crippen LogP contribution is 2.11. The van der Waals surface area contributed by atoms with E-state index in [2.05, 4.69) is 47.0 Å². The molecule has 0 saturated heterocycles. The van der Waals surface area contributed by atoms with Crippen LogP contribution in [0.15, 0.2) is 64.9 Å². The lowest BCUT2D eigenvalue weighted by Gasteiger charge is -2.00. The van der Waals surface area contributed by atoms with Crippen molar-refractivity contribution >= 4 is 17.4 Å². The Labute approximate surface area is 124 Å². The molecule has 0 radical (unpaired) electrons. The van der Waals surface area contributed by atoms with Crippen molar-refractivity contribution in [3.63, 3.8) is 0 Å². The lowest BCUT2D eigenvalue weighted by atomic mass is 10.2. The smallest absolute Gasteiger partial charge is 0.0711 e. The minimum atomic E-state index is 0.733. The van der Waals surface area contributed by atoms with Crippen molar-refractivity contribution in [3.05, 3.63) is 65.7 Å². The van der Waals surface area contributed by atoms with E-state index in [9.17, 15) is 0 Å². The Hall–Kier alpha value is -1.81. The first-order valence-electron chi connectivity index (χ1n) is 6.65. The summed E-state index contributed by atoms with van der Waals surface area (Å²) in [6.07, 6.45) is 0. The molecule has 0 bridgehead atoms. The van der Waals surface area contributed by atoms with Crippen LogP contribution in [-0.4, -0.2) is 12.3 Å². The van der Waals surface area contributed by atoms with Crippen molar-refractivity contribution in [2.75, 3.05) is 17.7 Å². The van der Waals surface area contributed by atoms with Crippen LogP contribution < -0.4 is 5.43 Å². The summed E-state index contributed by atoms with van der Waals surface area (Å²) in [6, 6.07) is 18.6. The number of thioether (sulfide) groups is 1. The Bertz CT molecular complexity index is 523. The molecule has 2 aromatic carbocycles. The average molecular weight is 285 g/mol. The molecule has 0 aliphatic heterocycles. The maximum Gasteiger partial charge on any atom is 0.0711 e. The van der Waals surface area contributed by atoms with E-state index in [4.69, 9.17) is 0 Å². The van der Waals surface area contributed by atoms with E-state index < -0.39 is 0 Å². The molecular formula is C16H19N3S. The lowest BCUT2D eigenvalue weighted by molar-refractivity contribution is 0.971. The van der Waals surface area contributed by atoms with Crippen LogP contribution in [0.5, 0.6) is 0 Å². The molecule has 0 aromatic heterocycles. The Morgan fingerprint density at radius 3 is 2.50 bits per heavy atom. The zero-order valence-electron chi connectivity index (χ0n) is 11.6. The highest BCUT2D eigenvalue weighted by Gasteiger charge is 1.92. The summed E-state index contributed by atoms with van der Waals surface area (Å²) in [5.41, 5.74) is 6.49. The second-order valence-corrected chi connectivity index (χ2v) is 5.59. The summed E-state index contributed by atoms with van der Waals surface area (Å²) in [4.78, 5) is 0. The van der Waals surface area contributed by atoms with Crippen LogP contribution in [0.3, 0.4) is 0 Å². The molecule has 20 heavy (non-hydrogen) atoms. The van der Waals surface area contributed by atoms with Gasteiger partial charge in [0.1, 0.15) is 0 Å². The summed E-state index contributed by atoms with van der Waals surface area (Å²) in [5, 5.41) is 8.09. The molecule has 3 nitrogen and oxygen atoms in total. The normalized spacial score (nSPS) is 10.8. The quantitative estimate of drug-likeness (QED) is 0.454. The third-order valence-corrected chi connectivity index (χ3v) is 3.76. The van der Waals surface area contributed by atoms with Gasteiger partial charge in [0.2, 0.25) is 0 Å². The van der Waals surface area contributed by atoms with Crippen LogP contribution in [0.4, 0.5) is 5.69 Å². The number of aryl methyl sites for hydroxylation is 1. The Morgan fingerprint density at radius 2 is 1.75 bits per heavy atom. The lowest BCUT2D eigenvalue weighted by Crippen LogP contribution is -1.90. The maximum atomic E-state index is 4.11. The molecule has 0 aliphatic rings. The number of nitrogens with one attached hydrogen (secondary N) is 1. The van der Waals surface area contributed by atoms with Crippen LogP contribution in [0, 0.1) is 6.92 Å². The molecule has 104 valence electrons. The minimum Gasteiger partial charge on any atom is -0.260 e. The summed E-state index contributed by atoms with van der Waals surface area (Å²) in [6.45, 7) is 2.80. The molecule has 0 heterocycles.